The van der Waals surface area contributed by atoms with E-state index in [1.807, 2.05) is 57.4 Å². The molecule has 3 aromatic rings. The summed E-state index contributed by atoms with van der Waals surface area (Å²) in [5, 5.41) is 5.78. The Morgan fingerprint density at radius 3 is 2.19 bits per heavy atom. The van der Waals surface area contributed by atoms with Gasteiger partial charge in [0.05, 0.1) is 11.1 Å². The van der Waals surface area contributed by atoms with Crippen molar-refractivity contribution in [1.82, 2.24) is 14.7 Å². The molecule has 26 heavy (non-hydrogen) atoms. The first-order chi connectivity index (χ1) is 12.3. The minimum absolute atomic E-state index is 0.0406. The average Bonchev–Trinajstić information content (AvgIpc) is 2.62. The Balaban J connectivity index is 0.000000187. The average molecular weight is 355 g/mol. The lowest BCUT2D eigenvalue weighted by Gasteiger charge is -2.23. The number of benzene rings is 2. The highest BCUT2D eigenvalue weighted by Gasteiger charge is 2.10. The molecule has 1 unspecified atom stereocenters. The van der Waals surface area contributed by atoms with Crippen molar-refractivity contribution in [2.24, 2.45) is 7.05 Å². The lowest BCUT2D eigenvalue weighted by Crippen LogP contribution is -2.20. The van der Waals surface area contributed by atoms with Crippen LogP contribution in [0.2, 0.25) is 0 Å². The van der Waals surface area contributed by atoms with Gasteiger partial charge in [0.1, 0.15) is 5.82 Å². The highest BCUT2D eigenvalue weighted by atomic mass is 19.1. The molecule has 1 atom stereocenters. The number of hydrogen-bond donors (Lipinski definition) is 0. The monoisotopic (exact) mass is 355 g/mol. The van der Waals surface area contributed by atoms with Crippen LogP contribution in [-0.4, -0.2) is 28.8 Å². The van der Waals surface area contributed by atoms with Gasteiger partial charge in [-0.05, 0) is 51.2 Å². The Kier molecular flexibility index (Phi) is 6.64. The van der Waals surface area contributed by atoms with Crippen molar-refractivity contribution >= 4 is 10.8 Å². The van der Waals surface area contributed by atoms with Crippen LogP contribution < -0.4 is 5.56 Å². The fraction of sp³-hybridized carbons (Fsp3) is 0.333. The fourth-order valence-electron chi connectivity index (χ4n) is 3.07. The van der Waals surface area contributed by atoms with Gasteiger partial charge in [0.25, 0.3) is 5.56 Å². The highest BCUT2D eigenvalue weighted by molar-refractivity contribution is 5.83. The lowest BCUT2D eigenvalue weighted by molar-refractivity contribution is 0.292. The van der Waals surface area contributed by atoms with E-state index in [9.17, 15) is 9.18 Å². The largest absolute Gasteiger partial charge is 0.302 e. The highest BCUT2D eigenvalue weighted by Crippen LogP contribution is 2.21. The molecule has 0 spiro atoms. The molecule has 0 aliphatic heterocycles. The standard InChI is InChI=1S/C11H16FN.C10H10N2O/c1-4-11(13(2)3)9-5-7-10(12)8-6-9;1-7-8-5-3-4-6-9(8)10(13)12(2)11-7/h5-8,11H,4H2,1-3H3;3-6H,1-2H3. The maximum Gasteiger partial charge on any atom is 0.274 e. The number of hydrogen-bond acceptors (Lipinski definition) is 3. The molecule has 0 bridgehead atoms. The van der Waals surface area contributed by atoms with E-state index in [1.54, 1.807) is 7.05 Å². The number of halogens is 1. The quantitative estimate of drug-likeness (QED) is 0.710. The summed E-state index contributed by atoms with van der Waals surface area (Å²) in [5.41, 5.74) is 2.02. The first kappa shape index (κ1) is 19.8. The minimum atomic E-state index is -0.169. The molecule has 0 N–H and O–H groups in total. The van der Waals surface area contributed by atoms with Gasteiger partial charge in [-0.3, -0.25) is 4.79 Å². The summed E-state index contributed by atoms with van der Waals surface area (Å²) < 4.78 is 14.0. The van der Waals surface area contributed by atoms with Gasteiger partial charge >= 0.3 is 0 Å². The fourth-order valence-corrected chi connectivity index (χ4v) is 3.07. The van der Waals surface area contributed by atoms with Gasteiger partial charge in [-0.2, -0.15) is 5.10 Å². The van der Waals surface area contributed by atoms with Crippen LogP contribution in [0.25, 0.3) is 10.8 Å². The third kappa shape index (κ3) is 4.55. The van der Waals surface area contributed by atoms with Crippen LogP contribution in [0.1, 0.15) is 30.6 Å². The van der Waals surface area contributed by atoms with Gasteiger partial charge in [0, 0.05) is 18.5 Å². The van der Waals surface area contributed by atoms with Crippen LogP contribution in [0, 0.1) is 12.7 Å². The van der Waals surface area contributed by atoms with Gasteiger partial charge < -0.3 is 4.90 Å². The maximum atomic E-state index is 12.6. The zero-order valence-corrected chi connectivity index (χ0v) is 16.0. The van der Waals surface area contributed by atoms with Gasteiger partial charge in [-0.25, -0.2) is 9.07 Å². The van der Waals surface area contributed by atoms with E-state index in [2.05, 4.69) is 16.9 Å². The third-order valence-electron chi connectivity index (χ3n) is 4.41. The molecule has 4 nitrogen and oxygen atoms in total. The minimum Gasteiger partial charge on any atom is -0.302 e. The summed E-state index contributed by atoms with van der Waals surface area (Å²) in [7, 11) is 5.75. The van der Waals surface area contributed by atoms with E-state index in [1.165, 1.54) is 22.4 Å². The maximum absolute atomic E-state index is 12.6. The Bertz CT molecular complexity index is 917. The summed E-state index contributed by atoms with van der Waals surface area (Å²) in [5.74, 6) is -0.169. The number of aromatic nitrogens is 2. The van der Waals surface area contributed by atoms with Crippen molar-refractivity contribution in [3.8, 4) is 0 Å². The van der Waals surface area contributed by atoms with Gasteiger partial charge in [0.15, 0.2) is 0 Å². The summed E-state index contributed by atoms with van der Waals surface area (Å²) in [6, 6.07) is 14.6. The van der Waals surface area contributed by atoms with Crippen molar-refractivity contribution < 1.29 is 4.39 Å². The zero-order valence-electron chi connectivity index (χ0n) is 16.0. The predicted molar refractivity (Wildman–Crippen MR) is 105 cm³/mol. The molecule has 0 amide bonds. The number of fused-ring (bicyclic) bond motifs is 1. The summed E-state index contributed by atoms with van der Waals surface area (Å²) in [6.07, 6.45) is 1.04. The first-order valence-electron chi connectivity index (χ1n) is 8.69. The van der Waals surface area contributed by atoms with Crippen LogP contribution in [0.5, 0.6) is 0 Å². The van der Waals surface area contributed by atoms with Crippen molar-refractivity contribution in [1.29, 1.82) is 0 Å². The van der Waals surface area contributed by atoms with E-state index in [-0.39, 0.29) is 11.4 Å². The van der Waals surface area contributed by atoms with Crippen LogP contribution in [0.3, 0.4) is 0 Å². The van der Waals surface area contributed by atoms with Gasteiger partial charge in [0.2, 0.25) is 0 Å². The van der Waals surface area contributed by atoms with E-state index in [4.69, 9.17) is 0 Å². The second-order valence-corrected chi connectivity index (χ2v) is 6.50. The molecule has 2 aromatic carbocycles. The SMILES string of the molecule is CCC(c1ccc(F)cc1)N(C)C.Cc1nn(C)c(=O)c2ccccc12. The Hall–Kier alpha value is -2.53. The molecule has 1 heterocycles. The van der Waals surface area contributed by atoms with Gasteiger partial charge in [-0.1, -0.05) is 37.3 Å². The molecular weight excluding hydrogens is 329 g/mol. The zero-order chi connectivity index (χ0) is 19.3. The Labute approximate surface area is 153 Å². The molecule has 3 rings (SSSR count). The normalized spacial score (nSPS) is 12.0. The summed E-state index contributed by atoms with van der Waals surface area (Å²) >= 11 is 0. The number of nitrogens with zero attached hydrogens (tertiary/aromatic N) is 3. The number of rotatable bonds is 3. The smallest absolute Gasteiger partial charge is 0.274 e. The summed E-state index contributed by atoms with van der Waals surface area (Å²) in [4.78, 5) is 13.7. The van der Waals surface area contributed by atoms with E-state index >= 15 is 0 Å². The lowest BCUT2D eigenvalue weighted by atomic mass is 10.0. The van der Waals surface area contributed by atoms with Crippen LogP contribution in [-0.2, 0) is 7.05 Å². The third-order valence-corrected chi connectivity index (χ3v) is 4.41. The predicted octanol–water partition coefficient (Wildman–Crippen LogP) is 4.08. The molecule has 0 fully saturated rings. The molecular formula is C21H26FN3O. The van der Waals surface area contributed by atoms with Crippen molar-refractivity contribution in [3.05, 3.63) is 76.0 Å². The first-order valence-corrected chi connectivity index (χ1v) is 8.69. The molecule has 0 aliphatic rings. The second kappa shape index (κ2) is 8.72. The van der Waals surface area contributed by atoms with E-state index < -0.39 is 0 Å². The Morgan fingerprint density at radius 2 is 1.65 bits per heavy atom. The second-order valence-electron chi connectivity index (χ2n) is 6.50. The van der Waals surface area contributed by atoms with Crippen LogP contribution in [0.4, 0.5) is 4.39 Å². The van der Waals surface area contributed by atoms with Crippen LogP contribution >= 0.6 is 0 Å². The molecule has 138 valence electrons. The van der Waals surface area contributed by atoms with Crippen molar-refractivity contribution in [2.75, 3.05) is 14.1 Å². The molecule has 1 aromatic heterocycles. The van der Waals surface area contributed by atoms with E-state index in [0.717, 1.165) is 22.9 Å². The topological polar surface area (TPSA) is 38.1 Å². The Morgan fingerprint density at radius 1 is 1.08 bits per heavy atom. The van der Waals surface area contributed by atoms with Crippen LogP contribution in [0.15, 0.2) is 53.3 Å². The molecule has 0 aliphatic carbocycles. The molecule has 0 radical (unpaired) electrons. The number of aryl methyl sites for hydroxylation is 2. The molecule has 0 saturated carbocycles. The van der Waals surface area contributed by atoms with Crippen molar-refractivity contribution in [3.63, 3.8) is 0 Å². The van der Waals surface area contributed by atoms with Crippen molar-refractivity contribution in [2.45, 2.75) is 26.3 Å². The molecule has 0 saturated heterocycles. The van der Waals surface area contributed by atoms with E-state index in [0.29, 0.717) is 6.04 Å². The molecule has 5 heteroatoms. The van der Waals surface area contributed by atoms with Gasteiger partial charge in [-0.15, -0.1) is 0 Å². The summed E-state index contributed by atoms with van der Waals surface area (Å²) in [6.45, 7) is 4.04.